The van der Waals surface area contributed by atoms with E-state index in [0.29, 0.717) is 45.9 Å². The third-order valence-electron chi connectivity index (χ3n) is 6.67. The molecule has 2 unspecified atom stereocenters. The van der Waals surface area contributed by atoms with Crippen molar-refractivity contribution in [1.82, 2.24) is 19.6 Å². The first-order valence-electron chi connectivity index (χ1n) is 10.8. The molecule has 0 aromatic carbocycles. The van der Waals surface area contributed by atoms with Crippen LogP contribution in [0.4, 0.5) is 0 Å². The van der Waals surface area contributed by atoms with E-state index in [9.17, 15) is 19.2 Å². The molecule has 9 nitrogen and oxygen atoms in total. The minimum absolute atomic E-state index is 0.0768. The minimum atomic E-state index is -0.223. The van der Waals surface area contributed by atoms with E-state index in [2.05, 4.69) is 4.90 Å². The number of fused-ring (bicyclic) bond motifs is 1. The fraction of sp³-hybridized carbons (Fsp3) is 0.800. The molecule has 4 fully saturated rings. The van der Waals surface area contributed by atoms with Crippen LogP contribution in [0.5, 0.6) is 0 Å². The summed E-state index contributed by atoms with van der Waals surface area (Å²) in [7, 11) is 0. The van der Waals surface area contributed by atoms with Crippen LogP contribution in [-0.2, 0) is 23.9 Å². The van der Waals surface area contributed by atoms with Gasteiger partial charge in [-0.2, -0.15) is 0 Å². The number of carbonyl (C=O) groups excluding carboxylic acids is 4. The van der Waals surface area contributed by atoms with E-state index < -0.39 is 0 Å². The zero-order valence-electron chi connectivity index (χ0n) is 16.9. The molecule has 0 radical (unpaired) electrons. The molecule has 3 heterocycles. The second-order valence-electron chi connectivity index (χ2n) is 8.41. The fourth-order valence-electron chi connectivity index (χ4n) is 4.88. The standard InChI is InChI=1S/C20H30N4O5/c25-17(13-21-9-11-29-12-10-21)22-5-7-23(8-6-22)18(26)14-24-19(27)15-3-1-2-4-16(15)20(24)28/h15-16H,1-14H2. The molecular formula is C20H30N4O5. The highest BCUT2D eigenvalue weighted by Crippen LogP contribution is 2.37. The maximum atomic E-state index is 12.7. The summed E-state index contributed by atoms with van der Waals surface area (Å²) >= 11 is 0. The zero-order valence-corrected chi connectivity index (χ0v) is 16.9. The van der Waals surface area contributed by atoms with E-state index in [-0.39, 0.29) is 42.0 Å². The largest absolute Gasteiger partial charge is 0.379 e. The number of hydrogen-bond acceptors (Lipinski definition) is 6. The fourth-order valence-corrected chi connectivity index (χ4v) is 4.88. The molecule has 0 N–H and O–H groups in total. The van der Waals surface area contributed by atoms with Crippen LogP contribution >= 0.6 is 0 Å². The number of amides is 4. The van der Waals surface area contributed by atoms with Gasteiger partial charge < -0.3 is 14.5 Å². The minimum Gasteiger partial charge on any atom is -0.379 e. The van der Waals surface area contributed by atoms with Crippen molar-refractivity contribution in [2.75, 3.05) is 65.6 Å². The first-order chi connectivity index (χ1) is 14.0. The first-order valence-corrected chi connectivity index (χ1v) is 10.8. The summed E-state index contributed by atoms with van der Waals surface area (Å²) in [6, 6.07) is 0. The van der Waals surface area contributed by atoms with E-state index in [4.69, 9.17) is 4.74 Å². The van der Waals surface area contributed by atoms with Crippen LogP contribution in [0.2, 0.25) is 0 Å². The van der Waals surface area contributed by atoms with Crippen molar-refractivity contribution >= 4 is 23.6 Å². The van der Waals surface area contributed by atoms with E-state index in [0.717, 1.165) is 38.8 Å². The molecule has 1 saturated carbocycles. The Morgan fingerprint density at radius 1 is 0.759 bits per heavy atom. The second-order valence-corrected chi connectivity index (χ2v) is 8.41. The van der Waals surface area contributed by atoms with Crippen molar-refractivity contribution in [1.29, 1.82) is 0 Å². The van der Waals surface area contributed by atoms with E-state index >= 15 is 0 Å². The molecule has 0 aromatic heterocycles. The van der Waals surface area contributed by atoms with Crippen LogP contribution in [0.15, 0.2) is 0 Å². The summed E-state index contributed by atoms with van der Waals surface area (Å²) in [5.74, 6) is -0.921. The number of ether oxygens (including phenoxy) is 1. The molecule has 2 atom stereocenters. The van der Waals surface area contributed by atoms with Crippen molar-refractivity contribution in [3.05, 3.63) is 0 Å². The quantitative estimate of drug-likeness (QED) is 0.566. The Morgan fingerprint density at radius 3 is 1.76 bits per heavy atom. The SMILES string of the molecule is O=C(CN1CCOCC1)N1CCN(C(=O)CN2C(=O)C3CCCCC3C2=O)CC1. The lowest BCUT2D eigenvalue weighted by Gasteiger charge is -2.36. The van der Waals surface area contributed by atoms with Gasteiger partial charge in [0, 0.05) is 39.3 Å². The first kappa shape index (κ1) is 20.3. The monoisotopic (exact) mass is 406 g/mol. The Kier molecular flexibility index (Phi) is 6.15. The predicted molar refractivity (Wildman–Crippen MR) is 103 cm³/mol. The summed E-state index contributed by atoms with van der Waals surface area (Å²) in [6.45, 7) is 4.94. The smallest absolute Gasteiger partial charge is 0.242 e. The Labute approximate surface area is 170 Å². The molecule has 0 spiro atoms. The van der Waals surface area contributed by atoms with Crippen LogP contribution in [0.3, 0.4) is 0 Å². The van der Waals surface area contributed by atoms with Crippen molar-refractivity contribution < 1.29 is 23.9 Å². The number of nitrogens with zero attached hydrogens (tertiary/aromatic N) is 4. The number of rotatable bonds is 4. The highest BCUT2D eigenvalue weighted by atomic mass is 16.5. The van der Waals surface area contributed by atoms with Crippen molar-refractivity contribution in [2.24, 2.45) is 11.8 Å². The van der Waals surface area contributed by atoms with Gasteiger partial charge in [0.15, 0.2) is 0 Å². The Morgan fingerprint density at radius 2 is 1.24 bits per heavy atom. The highest BCUT2D eigenvalue weighted by molar-refractivity contribution is 6.07. The molecule has 3 saturated heterocycles. The van der Waals surface area contributed by atoms with Gasteiger partial charge in [-0.1, -0.05) is 12.8 Å². The number of likely N-dealkylation sites (tertiary alicyclic amines) is 1. The normalized spacial score (nSPS) is 28.6. The van der Waals surface area contributed by atoms with Crippen LogP contribution in [0.25, 0.3) is 0 Å². The molecule has 4 aliphatic rings. The molecule has 0 bridgehead atoms. The Bertz CT molecular complexity index is 646. The van der Waals surface area contributed by atoms with Gasteiger partial charge >= 0.3 is 0 Å². The molecule has 4 rings (SSSR count). The average Bonchev–Trinajstić information content (AvgIpc) is 2.99. The lowest BCUT2D eigenvalue weighted by atomic mass is 9.81. The summed E-state index contributed by atoms with van der Waals surface area (Å²) in [4.78, 5) is 57.1. The highest BCUT2D eigenvalue weighted by Gasteiger charge is 2.48. The van der Waals surface area contributed by atoms with Crippen molar-refractivity contribution in [2.45, 2.75) is 25.7 Å². The third kappa shape index (κ3) is 4.30. The molecule has 1 aliphatic carbocycles. The van der Waals surface area contributed by atoms with Gasteiger partial charge in [-0.25, -0.2) is 0 Å². The zero-order chi connectivity index (χ0) is 20.4. The van der Waals surface area contributed by atoms with E-state index in [1.807, 2.05) is 0 Å². The molecule has 29 heavy (non-hydrogen) atoms. The van der Waals surface area contributed by atoms with Crippen LogP contribution in [-0.4, -0.2) is 109 Å². The van der Waals surface area contributed by atoms with Gasteiger partial charge in [0.25, 0.3) is 0 Å². The number of morpholine rings is 1. The second kappa shape index (κ2) is 8.79. The van der Waals surface area contributed by atoms with Crippen molar-refractivity contribution in [3.63, 3.8) is 0 Å². The van der Waals surface area contributed by atoms with Crippen LogP contribution in [0, 0.1) is 11.8 Å². The number of carbonyl (C=O) groups is 4. The number of piperazine rings is 1. The molecular weight excluding hydrogens is 376 g/mol. The van der Waals surface area contributed by atoms with E-state index in [1.165, 1.54) is 4.90 Å². The maximum absolute atomic E-state index is 12.7. The predicted octanol–water partition coefficient (Wildman–Crippen LogP) is -0.835. The molecule has 0 aromatic rings. The van der Waals surface area contributed by atoms with E-state index in [1.54, 1.807) is 9.80 Å². The molecule has 4 amide bonds. The summed E-state index contributed by atoms with van der Waals surface area (Å²) in [6.07, 6.45) is 3.46. The van der Waals surface area contributed by atoms with Gasteiger partial charge in [0.1, 0.15) is 6.54 Å². The number of hydrogen-bond donors (Lipinski definition) is 0. The van der Waals surface area contributed by atoms with Crippen LogP contribution < -0.4 is 0 Å². The van der Waals surface area contributed by atoms with Crippen LogP contribution in [0.1, 0.15) is 25.7 Å². The van der Waals surface area contributed by atoms with Crippen molar-refractivity contribution in [3.8, 4) is 0 Å². The topological polar surface area (TPSA) is 90.5 Å². The van der Waals surface area contributed by atoms with Gasteiger partial charge in [-0.05, 0) is 12.8 Å². The Balaban J connectivity index is 1.25. The maximum Gasteiger partial charge on any atom is 0.242 e. The van der Waals surface area contributed by atoms with Gasteiger partial charge in [-0.15, -0.1) is 0 Å². The van der Waals surface area contributed by atoms with Gasteiger partial charge in [-0.3, -0.25) is 29.0 Å². The molecule has 9 heteroatoms. The molecule has 160 valence electrons. The van der Waals surface area contributed by atoms with Gasteiger partial charge in [0.05, 0.1) is 31.6 Å². The lowest BCUT2D eigenvalue weighted by Crippen LogP contribution is -2.55. The lowest BCUT2D eigenvalue weighted by molar-refractivity contribution is -0.148. The number of imide groups is 1. The van der Waals surface area contributed by atoms with Gasteiger partial charge in [0.2, 0.25) is 23.6 Å². The summed E-state index contributed by atoms with van der Waals surface area (Å²) in [5, 5.41) is 0. The summed E-state index contributed by atoms with van der Waals surface area (Å²) < 4.78 is 5.31. The Hall–Kier alpha value is -2.00. The summed E-state index contributed by atoms with van der Waals surface area (Å²) in [5.41, 5.74) is 0. The third-order valence-corrected chi connectivity index (χ3v) is 6.67. The molecule has 3 aliphatic heterocycles. The average molecular weight is 406 g/mol.